The van der Waals surface area contributed by atoms with E-state index in [0.29, 0.717) is 32.4 Å². The lowest BCUT2D eigenvalue weighted by Crippen LogP contribution is -2.55. The van der Waals surface area contributed by atoms with Crippen LogP contribution in [0.2, 0.25) is 0 Å². The van der Waals surface area contributed by atoms with Crippen molar-refractivity contribution in [2.75, 3.05) is 39.3 Å². The van der Waals surface area contributed by atoms with Crippen molar-refractivity contribution in [2.24, 2.45) is 0 Å². The second-order valence-electron chi connectivity index (χ2n) is 18.7. The molecule has 0 saturated heterocycles. The molecule has 0 heterocycles. The smallest absolute Gasteiger partial charge is 0.220 e. The predicted molar refractivity (Wildman–Crippen MR) is 258 cm³/mol. The maximum atomic E-state index is 12.6. The minimum Gasteiger partial charge on any atom is -0.350 e. The van der Waals surface area contributed by atoms with Crippen LogP contribution in [-0.2, 0) is 9.59 Å². The van der Waals surface area contributed by atoms with E-state index in [-0.39, 0.29) is 11.8 Å². The summed E-state index contributed by atoms with van der Waals surface area (Å²) in [6.07, 6.45) is 53.3. The molecule has 0 fully saturated rings. The fourth-order valence-corrected chi connectivity index (χ4v) is 8.87. The first-order valence-corrected chi connectivity index (χ1v) is 26.8. The Morgan fingerprint density at radius 1 is 0.373 bits per heavy atom. The Labute approximate surface area is 370 Å². The lowest BCUT2D eigenvalue weighted by Gasteiger charge is -2.37. The summed E-state index contributed by atoms with van der Waals surface area (Å²) in [5.41, 5.74) is 0. The normalized spacial score (nSPS) is 11.6. The summed E-state index contributed by atoms with van der Waals surface area (Å²) in [6.45, 7) is 11.3. The van der Waals surface area contributed by atoms with Crippen molar-refractivity contribution in [1.82, 2.24) is 10.6 Å². The Morgan fingerprint density at radius 3 is 0.831 bits per heavy atom. The van der Waals surface area contributed by atoms with E-state index in [1.165, 1.54) is 218 Å². The Morgan fingerprint density at radius 2 is 0.610 bits per heavy atom. The van der Waals surface area contributed by atoms with Gasteiger partial charge in [-0.2, -0.15) is 5.26 Å². The van der Waals surface area contributed by atoms with Crippen molar-refractivity contribution in [1.29, 1.82) is 5.26 Å². The third-order valence-corrected chi connectivity index (χ3v) is 13.2. The molecule has 2 N–H and O–H groups in total. The molecule has 0 aliphatic carbocycles. The highest BCUT2D eigenvalue weighted by atomic mass is 16.2. The van der Waals surface area contributed by atoms with Crippen LogP contribution in [0.1, 0.15) is 284 Å². The van der Waals surface area contributed by atoms with Gasteiger partial charge in [-0.3, -0.25) is 9.59 Å². The van der Waals surface area contributed by atoms with Crippen molar-refractivity contribution in [2.45, 2.75) is 284 Å². The van der Waals surface area contributed by atoms with Crippen molar-refractivity contribution in [3.63, 3.8) is 0 Å². The quantitative estimate of drug-likeness (QED) is 0.0473. The first-order valence-electron chi connectivity index (χ1n) is 26.8. The molecule has 0 unspecified atom stereocenters. The van der Waals surface area contributed by atoms with Crippen LogP contribution in [0.3, 0.4) is 0 Å². The number of nitrogens with zero attached hydrogens (tertiary/aromatic N) is 2. The lowest BCUT2D eigenvalue weighted by molar-refractivity contribution is -0.923. The zero-order chi connectivity index (χ0) is 43.0. The Bertz CT molecular complexity index is 858. The van der Waals surface area contributed by atoms with Gasteiger partial charge in [-0.15, -0.1) is 0 Å². The number of hydrogen-bond donors (Lipinski definition) is 2. The van der Waals surface area contributed by atoms with E-state index in [1.807, 2.05) is 0 Å². The molecule has 59 heavy (non-hydrogen) atoms. The third kappa shape index (κ3) is 42.9. The summed E-state index contributed by atoms with van der Waals surface area (Å²) in [7, 11) is 0. The number of quaternary nitrogens is 1. The molecule has 0 aromatic heterocycles. The van der Waals surface area contributed by atoms with Gasteiger partial charge < -0.3 is 15.1 Å². The fraction of sp³-hybridized carbons (Fsp3) is 0.943. The monoisotopic (exact) mass is 830 g/mol. The van der Waals surface area contributed by atoms with E-state index in [2.05, 4.69) is 37.5 Å². The summed E-state index contributed by atoms with van der Waals surface area (Å²) in [4.78, 5) is 25.2. The van der Waals surface area contributed by atoms with Gasteiger partial charge in [-0.05, 0) is 19.8 Å². The lowest BCUT2D eigenvalue weighted by atomic mass is 10.0. The summed E-state index contributed by atoms with van der Waals surface area (Å²) in [6, 6.07) is 2.32. The Hall–Kier alpha value is -1.61. The van der Waals surface area contributed by atoms with Crippen molar-refractivity contribution < 1.29 is 14.1 Å². The number of likely N-dealkylation sites (N-methyl/N-ethyl adjacent to an activating group) is 1. The minimum absolute atomic E-state index is 0.152. The summed E-state index contributed by atoms with van der Waals surface area (Å²) in [5.74, 6) is 0.304. The minimum atomic E-state index is 0.152. The van der Waals surface area contributed by atoms with Gasteiger partial charge in [0.1, 0.15) is 0 Å². The van der Waals surface area contributed by atoms with Crippen molar-refractivity contribution >= 4 is 11.8 Å². The highest BCUT2D eigenvalue weighted by molar-refractivity contribution is 5.76. The van der Waals surface area contributed by atoms with Crippen LogP contribution in [0.15, 0.2) is 0 Å². The zero-order valence-corrected chi connectivity index (χ0v) is 40.4. The molecule has 0 aliphatic heterocycles. The molecule has 0 aromatic rings. The Kier molecular flexibility index (Phi) is 46.1. The van der Waals surface area contributed by atoms with Crippen LogP contribution in [0, 0.1) is 11.3 Å². The molecule has 0 atom stereocenters. The van der Waals surface area contributed by atoms with Crippen molar-refractivity contribution in [3.8, 4) is 6.07 Å². The van der Waals surface area contributed by atoms with Gasteiger partial charge >= 0.3 is 0 Å². The molecule has 348 valence electrons. The maximum absolute atomic E-state index is 12.6. The standard InChI is InChI=1S/C53H104N4O2/c1-4-7-9-11-13-15-17-19-21-23-25-27-29-31-33-35-37-39-41-44-52(58)55-47-50-57(6-3,49-43-46-54)51-48-56-53(59)45-42-40-38-36-34-32-30-28-26-24-22-20-18-16-14-12-10-8-5-2/h4-45,47-51H2,1-3H3,(H-,55,56,58,59)/p+1. The van der Waals surface area contributed by atoms with Gasteiger partial charge in [0.05, 0.1) is 51.8 Å². The van der Waals surface area contributed by atoms with E-state index in [1.54, 1.807) is 0 Å². The summed E-state index contributed by atoms with van der Waals surface area (Å²) < 4.78 is 0.757. The molecule has 0 bridgehead atoms. The van der Waals surface area contributed by atoms with Crippen LogP contribution in [0.25, 0.3) is 0 Å². The first-order chi connectivity index (χ1) is 29.0. The number of amides is 2. The molecule has 0 aromatic carbocycles. The predicted octanol–water partition coefficient (Wildman–Crippen LogP) is 15.6. The molecule has 6 heteroatoms. The van der Waals surface area contributed by atoms with Gasteiger partial charge in [0.25, 0.3) is 0 Å². The molecule has 0 radical (unpaired) electrons. The second kappa shape index (κ2) is 47.4. The molecule has 0 aliphatic rings. The number of carbonyl (C=O) groups is 2. The van der Waals surface area contributed by atoms with Gasteiger partial charge in [0.2, 0.25) is 11.8 Å². The summed E-state index contributed by atoms with van der Waals surface area (Å²) in [5, 5.41) is 15.6. The highest BCUT2D eigenvalue weighted by Gasteiger charge is 2.25. The molecule has 6 nitrogen and oxygen atoms in total. The SMILES string of the molecule is CCCCCCCCCCCCCCCCCCCCCC(=O)NCC[N+](CC)(CCC#N)CCNC(=O)CCCCCCCCCCCCCCCCCCCCC. The van der Waals surface area contributed by atoms with Gasteiger partial charge in [-0.25, -0.2) is 0 Å². The van der Waals surface area contributed by atoms with E-state index in [4.69, 9.17) is 0 Å². The van der Waals surface area contributed by atoms with E-state index >= 15 is 0 Å². The van der Waals surface area contributed by atoms with Gasteiger partial charge in [0, 0.05) is 12.8 Å². The fourth-order valence-electron chi connectivity index (χ4n) is 8.87. The van der Waals surface area contributed by atoms with E-state index < -0.39 is 0 Å². The molecular formula is C53H105N4O2+. The topological polar surface area (TPSA) is 82.0 Å². The summed E-state index contributed by atoms with van der Waals surface area (Å²) >= 11 is 0. The van der Waals surface area contributed by atoms with E-state index in [9.17, 15) is 14.9 Å². The van der Waals surface area contributed by atoms with Gasteiger partial charge in [-0.1, -0.05) is 245 Å². The first kappa shape index (κ1) is 57.4. The second-order valence-corrected chi connectivity index (χ2v) is 18.7. The van der Waals surface area contributed by atoms with Crippen LogP contribution in [-0.4, -0.2) is 55.6 Å². The van der Waals surface area contributed by atoms with Gasteiger partial charge in [0.15, 0.2) is 0 Å². The number of rotatable bonds is 49. The average molecular weight is 830 g/mol. The molecule has 0 saturated carbocycles. The largest absolute Gasteiger partial charge is 0.350 e. The zero-order valence-electron chi connectivity index (χ0n) is 40.4. The highest BCUT2D eigenvalue weighted by Crippen LogP contribution is 2.17. The number of hydrogen-bond acceptors (Lipinski definition) is 3. The number of nitrogens with one attached hydrogen (secondary N) is 2. The number of nitriles is 1. The molecule has 0 rings (SSSR count). The van der Waals surface area contributed by atoms with Crippen molar-refractivity contribution in [3.05, 3.63) is 0 Å². The van der Waals surface area contributed by atoms with Crippen LogP contribution in [0.4, 0.5) is 0 Å². The van der Waals surface area contributed by atoms with Crippen LogP contribution < -0.4 is 10.6 Å². The van der Waals surface area contributed by atoms with E-state index in [0.717, 1.165) is 56.3 Å². The number of carbonyl (C=O) groups excluding carboxylic acids is 2. The number of unbranched alkanes of at least 4 members (excludes halogenated alkanes) is 36. The van der Waals surface area contributed by atoms with Crippen LogP contribution in [0.5, 0.6) is 0 Å². The Balaban J connectivity index is 3.78. The maximum Gasteiger partial charge on any atom is 0.220 e. The molecular weight excluding hydrogens is 725 g/mol. The molecule has 2 amide bonds. The molecule has 0 spiro atoms. The average Bonchev–Trinajstić information content (AvgIpc) is 3.24. The van der Waals surface area contributed by atoms with Crippen LogP contribution >= 0.6 is 0 Å². The third-order valence-electron chi connectivity index (χ3n) is 13.2.